The lowest BCUT2D eigenvalue weighted by atomic mass is 9.94. The Morgan fingerprint density at radius 3 is 1.95 bits per heavy atom. The molecule has 0 spiro atoms. The van der Waals surface area contributed by atoms with E-state index in [1.54, 1.807) is 0 Å². The number of carbonyl (C=O) groups is 1. The van der Waals surface area contributed by atoms with Crippen LogP contribution in [0.25, 0.3) is 0 Å². The van der Waals surface area contributed by atoms with Crippen LogP contribution in [0.1, 0.15) is 13.8 Å². The highest BCUT2D eigenvalue weighted by molar-refractivity contribution is 5.73. The number of carbonyl (C=O) groups excluding carboxylic acids is 1. The summed E-state index contributed by atoms with van der Waals surface area (Å²) in [7, 11) is 1.06. The molecule has 3 fully saturated rings. The van der Waals surface area contributed by atoms with E-state index in [0.717, 1.165) is 14.0 Å². The first-order chi connectivity index (χ1) is 17.8. The summed E-state index contributed by atoms with van der Waals surface area (Å²) < 4.78 is 29.4. The number of aliphatic hydroxyl groups is 8. The van der Waals surface area contributed by atoms with Crippen LogP contribution >= 0.6 is 0 Å². The molecule has 17 heteroatoms. The third kappa shape index (κ3) is 6.43. The van der Waals surface area contributed by atoms with E-state index >= 15 is 0 Å². The van der Waals surface area contributed by atoms with Crippen molar-refractivity contribution < 1.29 is 79.1 Å². The summed E-state index contributed by atoms with van der Waals surface area (Å²) in [6.45, 7) is 1.01. The van der Waals surface area contributed by atoms with Gasteiger partial charge in [0.05, 0.1) is 19.3 Å². The molecule has 0 saturated carbocycles. The maximum Gasteiger partial charge on any atom is 0.253 e. The summed E-state index contributed by atoms with van der Waals surface area (Å²) in [6, 6.07) is -1.42. The first kappa shape index (κ1) is 31.4. The second-order valence-corrected chi connectivity index (χ2v) is 9.55. The predicted molar refractivity (Wildman–Crippen MR) is 119 cm³/mol. The van der Waals surface area contributed by atoms with E-state index in [0.29, 0.717) is 0 Å². The minimum atomic E-state index is -1.79. The van der Waals surface area contributed by atoms with Gasteiger partial charge in [0.2, 0.25) is 5.91 Å². The van der Waals surface area contributed by atoms with Crippen molar-refractivity contribution in [2.75, 3.05) is 20.3 Å². The number of aliphatic hydroxyl groups excluding tert-OH is 8. The summed E-state index contributed by atoms with van der Waals surface area (Å²) >= 11 is 0. The number of nitrogens with one attached hydrogen (secondary N) is 1. The molecule has 0 unspecified atom stereocenters. The highest BCUT2D eigenvalue weighted by Crippen LogP contribution is 2.33. The van der Waals surface area contributed by atoms with E-state index in [1.807, 2.05) is 0 Å². The monoisotopic (exact) mass is 560 g/mol. The van der Waals surface area contributed by atoms with Crippen LogP contribution in [0.3, 0.4) is 0 Å². The van der Waals surface area contributed by atoms with Gasteiger partial charge in [0.25, 0.3) is 6.10 Å². The first-order valence-electron chi connectivity index (χ1n) is 12.0. The second kappa shape index (κ2) is 13.0. The molecule has 3 aliphatic heterocycles. The van der Waals surface area contributed by atoms with Gasteiger partial charge in [-0.1, -0.05) is 0 Å². The molecule has 3 rings (SSSR count). The van der Waals surface area contributed by atoms with Crippen molar-refractivity contribution in [2.45, 2.75) is 106 Å². The Balaban J connectivity index is 1.95. The van der Waals surface area contributed by atoms with Gasteiger partial charge < -0.3 is 69.9 Å². The van der Waals surface area contributed by atoms with E-state index in [2.05, 4.69) is 5.32 Å². The van der Waals surface area contributed by atoms with Crippen LogP contribution < -0.4 is 5.32 Å². The molecule has 3 aliphatic rings. The van der Waals surface area contributed by atoms with E-state index in [4.69, 9.17) is 23.7 Å². The zero-order valence-corrected chi connectivity index (χ0v) is 21.0. The average molecular weight is 561 g/mol. The highest BCUT2D eigenvalue weighted by atomic mass is 17.2. The summed E-state index contributed by atoms with van der Waals surface area (Å²) in [5.74, 6) is -0.642. The Bertz CT molecular complexity index is 776. The zero-order chi connectivity index (χ0) is 28.5. The lowest BCUT2D eigenvalue weighted by Crippen LogP contribution is -2.69. The van der Waals surface area contributed by atoms with Crippen LogP contribution in [0.5, 0.6) is 0 Å². The largest absolute Gasteiger partial charge is 0.394 e. The van der Waals surface area contributed by atoms with E-state index in [-0.39, 0.29) is 0 Å². The van der Waals surface area contributed by atoms with Gasteiger partial charge in [-0.2, -0.15) is 0 Å². The molecule has 1 amide bonds. The molecule has 10 N–H and O–H groups in total. The van der Waals surface area contributed by atoms with Crippen LogP contribution in [-0.2, 0) is 33.0 Å². The third-order valence-electron chi connectivity index (χ3n) is 6.82. The van der Waals surface area contributed by atoms with Crippen molar-refractivity contribution in [3.05, 3.63) is 0 Å². The molecule has 38 heavy (non-hydrogen) atoms. The van der Waals surface area contributed by atoms with Crippen molar-refractivity contribution in [3.8, 4) is 0 Å². The third-order valence-corrected chi connectivity index (χ3v) is 6.82. The standard InChI is InChI=1S/C21H37NO16/c1-6-11(26)13(28)14(29)20(33-6)37-17-10(22-7(2)25)19(31)34-9(5-24)16(17)36-21-15(30)18(38(3)32)12(27)8(4-23)35-21/h6,8-21,23-24,26-32H,4-5H2,1-3H3/p+1/t6-,8+,9+,10+,11+,12-,13+,14-,15+,16+,17+,18-,19+,20+,21-/m0/s1. The van der Waals surface area contributed by atoms with Gasteiger partial charge in [-0.25, -0.2) is 4.52 Å². The van der Waals surface area contributed by atoms with Crippen molar-refractivity contribution in [3.63, 3.8) is 0 Å². The van der Waals surface area contributed by atoms with Crippen LogP contribution in [0.2, 0.25) is 0 Å². The van der Waals surface area contributed by atoms with Gasteiger partial charge in [0.15, 0.2) is 38.2 Å². The molecule has 0 aromatic heterocycles. The molecular formula is C21H38NO16+. The number of rotatable bonds is 8. The molecule has 17 nitrogen and oxygen atoms in total. The quantitative estimate of drug-likeness (QED) is 0.0753. The molecule has 222 valence electrons. The van der Waals surface area contributed by atoms with Gasteiger partial charge >= 0.3 is 0 Å². The molecule has 3 saturated heterocycles. The first-order valence-corrected chi connectivity index (χ1v) is 12.0. The average Bonchev–Trinajstić information content (AvgIpc) is 2.85. The number of amides is 1. The van der Waals surface area contributed by atoms with Gasteiger partial charge in [-0.05, 0) is 6.92 Å². The highest BCUT2D eigenvalue weighted by Gasteiger charge is 2.56. The number of hydrogen-bond acceptors (Lipinski definition) is 15. The van der Waals surface area contributed by atoms with Crippen LogP contribution in [0, 0.1) is 0 Å². The Morgan fingerprint density at radius 1 is 0.816 bits per heavy atom. The fourth-order valence-corrected chi connectivity index (χ4v) is 4.79. The molecule has 0 bridgehead atoms. The topological polar surface area (TPSA) is 260 Å². The lowest BCUT2D eigenvalue weighted by Gasteiger charge is -2.49. The molecular weight excluding hydrogens is 522 g/mol. The molecule has 0 aromatic carbocycles. The summed E-state index contributed by atoms with van der Waals surface area (Å²) in [4.78, 5) is 11.9. The minimum absolute atomic E-state index is 0.642. The Morgan fingerprint density at radius 2 is 1.39 bits per heavy atom. The summed E-state index contributed by atoms with van der Waals surface area (Å²) in [5.41, 5.74) is 0. The fraction of sp³-hybridized carbons (Fsp3) is 0.952. The van der Waals surface area contributed by atoms with Crippen molar-refractivity contribution in [2.24, 2.45) is 0 Å². The van der Waals surface area contributed by atoms with Gasteiger partial charge in [-0.3, -0.25) is 4.79 Å². The van der Waals surface area contributed by atoms with Gasteiger partial charge in [0.1, 0.15) is 48.8 Å². The predicted octanol–water partition coefficient (Wildman–Crippen LogP) is -5.74. The molecule has 15 atom stereocenters. The Kier molecular flexibility index (Phi) is 10.8. The summed E-state index contributed by atoms with van der Waals surface area (Å²) in [5, 5.41) is 94.2. The van der Waals surface area contributed by atoms with E-state index < -0.39 is 111 Å². The van der Waals surface area contributed by atoms with Crippen LogP contribution in [0.4, 0.5) is 0 Å². The Hall–Kier alpha value is -1.13. The SMILES string of the molecule is CC(=O)N[C@@H]1[C@@H](O[C@H]2O[C@@H](C)[C@@H](O)[C@@H](O)[C@@H]2O)[C@H](O[C@@H]2O[C@H](CO)[C@H](O)[C@H]([O+](C)O)[C@H]2O)[C@@H](CO)O[C@H]1O. The van der Waals surface area contributed by atoms with Crippen molar-refractivity contribution in [1.29, 1.82) is 0 Å². The van der Waals surface area contributed by atoms with E-state index in [1.165, 1.54) is 11.4 Å². The van der Waals surface area contributed by atoms with Crippen LogP contribution in [-0.4, -0.2) is 164 Å². The second-order valence-electron chi connectivity index (χ2n) is 9.55. The lowest BCUT2D eigenvalue weighted by molar-refractivity contribution is -0.485. The Labute approximate surface area is 217 Å². The van der Waals surface area contributed by atoms with Crippen molar-refractivity contribution in [1.82, 2.24) is 5.32 Å². The molecule has 0 aliphatic carbocycles. The summed E-state index contributed by atoms with van der Waals surface area (Å²) in [6.07, 6.45) is -21.6. The molecule has 3 heterocycles. The number of hydrogen-bond donors (Lipinski definition) is 10. The normalized spacial score (nSPS) is 48.2. The fourth-order valence-electron chi connectivity index (χ4n) is 4.79. The van der Waals surface area contributed by atoms with Gasteiger partial charge in [0, 0.05) is 6.92 Å². The maximum atomic E-state index is 11.9. The molecule has 0 aromatic rings. The zero-order valence-electron chi connectivity index (χ0n) is 21.0. The maximum absolute atomic E-state index is 11.9. The van der Waals surface area contributed by atoms with Crippen LogP contribution in [0.15, 0.2) is 0 Å². The smallest absolute Gasteiger partial charge is 0.253 e. The van der Waals surface area contributed by atoms with E-state index in [9.17, 15) is 50.9 Å². The van der Waals surface area contributed by atoms with Gasteiger partial charge in [-0.15, -0.1) is 5.26 Å². The van der Waals surface area contributed by atoms with Crippen molar-refractivity contribution >= 4 is 5.91 Å². The molecule has 0 radical (unpaired) electrons. The number of ether oxygens (including phenoxy) is 5. The minimum Gasteiger partial charge on any atom is -0.394 e.